The molecule has 0 radical (unpaired) electrons. The predicted octanol–water partition coefficient (Wildman–Crippen LogP) is 4.07. The van der Waals surface area contributed by atoms with E-state index in [1.165, 1.54) is 12.1 Å². The van der Waals surface area contributed by atoms with E-state index in [-0.39, 0.29) is 18.3 Å². The number of nitrogens with zero attached hydrogens (tertiary/aromatic N) is 2. The maximum Gasteiger partial charge on any atom is 0.255 e. The Hall–Kier alpha value is -3.00. The highest BCUT2D eigenvalue weighted by Gasteiger charge is 2.20. The van der Waals surface area contributed by atoms with Crippen LogP contribution in [0.3, 0.4) is 0 Å². The lowest BCUT2D eigenvalue weighted by Crippen LogP contribution is -2.33. The van der Waals surface area contributed by atoms with Crippen LogP contribution in [0.4, 0.5) is 10.1 Å². The molecule has 0 aliphatic heterocycles. The lowest BCUT2D eigenvalue weighted by atomic mass is 10.2. The summed E-state index contributed by atoms with van der Waals surface area (Å²) in [5, 5.41) is 9.79. The van der Waals surface area contributed by atoms with E-state index in [1.807, 2.05) is 19.1 Å². The van der Waals surface area contributed by atoms with Crippen LogP contribution in [0.2, 0.25) is 0 Å². The number of aromatic nitrogens is 2. The van der Waals surface area contributed by atoms with Crippen molar-refractivity contribution in [3.05, 3.63) is 75.3 Å². The van der Waals surface area contributed by atoms with Crippen LogP contribution in [0.15, 0.2) is 46.9 Å². The predicted molar refractivity (Wildman–Crippen MR) is 113 cm³/mol. The number of carbonyl (C=O) groups is 2. The smallest absolute Gasteiger partial charge is 0.255 e. The first-order valence-electron chi connectivity index (χ1n) is 8.92. The van der Waals surface area contributed by atoms with E-state index in [9.17, 15) is 14.0 Å². The Labute approximate surface area is 176 Å². The summed E-state index contributed by atoms with van der Waals surface area (Å²) in [7, 11) is 0. The molecule has 0 spiro atoms. The van der Waals surface area contributed by atoms with Crippen molar-refractivity contribution < 1.29 is 14.0 Å². The highest BCUT2D eigenvalue weighted by Crippen LogP contribution is 2.20. The number of rotatable bonds is 5. The second-order valence-electron chi connectivity index (χ2n) is 6.62. The summed E-state index contributed by atoms with van der Waals surface area (Å²) in [4.78, 5) is 24.9. The van der Waals surface area contributed by atoms with Crippen molar-refractivity contribution in [3.63, 3.8) is 0 Å². The standard InChI is InChI=1S/C21H20BrFN4O2/c1-12-10-15(22)4-9-18(12)25-19(28)11-24-21(29)20-13(2)26-27(14(20)3)17-7-5-16(23)6-8-17/h4-10H,11H2,1-3H3,(H,24,29)(H,25,28). The number of amides is 2. The molecule has 0 unspecified atom stereocenters. The van der Waals surface area contributed by atoms with Gasteiger partial charge < -0.3 is 10.6 Å². The summed E-state index contributed by atoms with van der Waals surface area (Å²) in [5.74, 6) is -1.07. The van der Waals surface area contributed by atoms with Gasteiger partial charge >= 0.3 is 0 Å². The van der Waals surface area contributed by atoms with Crippen LogP contribution in [0.1, 0.15) is 27.3 Å². The van der Waals surface area contributed by atoms with Gasteiger partial charge in [0.2, 0.25) is 5.91 Å². The van der Waals surface area contributed by atoms with Gasteiger partial charge in [-0.05, 0) is 68.8 Å². The maximum absolute atomic E-state index is 13.2. The van der Waals surface area contributed by atoms with Gasteiger partial charge in [0.05, 0.1) is 29.2 Å². The molecule has 0 aliphatic rings. The van der Waals surface area contributed by atoms with Crippen LogP contribution >= 0.6 is 15.9 Å². The van der Waals surface area contributed by atoms with Crippen molar-refractivity contribution >= 4 is 33.4 Å². The summed E-state index contributed by atoms with van der Waals surface area (Å²) in [6.45, 7) is 5.18. The number of halogens is 2. The summed E-state index contributed by atoms with van der Waals surface area (Å²) < 4.78 is 15.7. The minimum absolute atomic E-state index is 0.172. The first-order valence-corrected chi connectivity index (χ1v) is 9.72. The molecule has 3 aromatic rings. The molecule has 0 fully saturated rings. The van der Waals surface area contributed by atoms with Gasteiger partial charge in [0.25, 0.3) is 5.91 Å². The quantitative estimate of drug-likeness (QED) is 0.604. The molecule has 8 heteroatoms. The first kappa shape index (κ1) is 20.7. The van der Waals surface area contributed by atoms with E-state index in [0.29, 0.717) is 28.3 Å². The second kappa shape index (κ2) is 8.57. The number of benzene rings is 2. The summed E-state index contributed by atoms with van der Waals surface area (Å²) in [5.41, 5.74) is 3.76. The second-order valence-corrected chi connectivity index (χ2v) is 7.54. The average molecular weight is 459 g/mol. The fourth-order valence-electron chi connectivity index (χ4n) is 3.02. The minimum atomic E-state index is -0.393. The van der Waals surface area contributed by atoms with Crippen molar-refractivity contribution in [2.45, 2.75) is 20.8 Å². The zero-order chi connectivity index (χ0) is 21.1. The van der Waals surface area contributed by atoms with Crippen molar-refractivity contribution in [2.24, 2.45) is 0 Å². The highest BCUT2D eigenvalue weighted by atomic mass is 79.9. The van der Waals surface area contributed by atoms with Crippen molar-refractivity contribution in [3.8, 4) is 5.69 Å². The highest BCUT2D eigenvalue weighted by molar-refractivity contribution is 9.10. The van der Waals surface area contributed by atoms with E-state index in [1.54, 1.807) is 36.7 Å². The van der Waals surface area contributed by atoms with E-state index >= 15 is 0 Å². The number of anilines is 1. The topological polar surface area (TPSA) is 76.0 Å². The van der Waals surface area contributed by atoms with E-state index in [2.05, 4.69) is 31.7 Å². The van der Waals surface area contributed by atoms with Crippen LogP contribution in [0.5, 0.6) is 0 Å². The molecule has 150 valence electrons. The van der Waals surface area contributed by atoms with Crippen molar-refractivity contribution in [2.75, 3.05) is 11.9 Å². The molecule has 3 rings (SSSR count). The van der Waals surface area contributed by atoms with Crippen molar-refractivity contribution in [1.29, 1.82) is 0 Å². The largest absolute Gasteiger partial charge is 0.343 e. The fraction of sp³-hybridized carbons (Fsp3) is 0.190. The molecule has 6 nitrogen and oxygen atoms in total. The van der Waals surface area contributed by atoms with E-state index in [0.717, 1.165) is 10.0 Å². The molecule has 0 bridgehead atoms. The third-order valence-electron chi connectivity index (χ3n) is 4.46. The maximum atomic E-state index is 13.2. The van der Waals surface area contributed by atoms with Crippen LogP contribution in [-0.2, 0) is 4.79 Å². The zero-order valence-corrected chi connectivity index (χ0v) is 17.8. The SMILES string of the molecule is Cc1cc(Br)ccc1NC(=O)CNC(=O)c1c(C)nn(-c2ccc(F)cc2)c1C. The van der Waals surface area contributed by atoms with E-state index < -0.39 is 5.91 Å². The van der Waals surface area contributed by atoms with Crippen molar-refractivity contribution in [1.82, 2.24) is 15.1 Å². The molecule has 0 atom stereocenters. The van der Waals surface area contributed by atoms with Gasteiger partial charge in [0.15, 0.2) is 0 Å². The molecule has 0 saturated heterocycles. The zero-order valence-electron chi connectivity index (χ0n) is 16.2. The number of aryl methyl sites for hydroxylation is 2. The Bertz CT molecular complexity index is 1080. The van der Waals surface area contributed by atoms with Gasteiger partial charge in [-0.25, -0.2) is 9.07 Å². The Balaban J connectivity index is 1.69. The first-order chi connectivity index (χ1) is 13.8. The molecule has 2 amide bonds. The Morgan fingerprint density at radius 3 is 2.45 bits per heavy atom. The number of hydrogen-bond donors (Lipinski definition) is 2. The van der Waals surface area contributed by atoms with Crippen LogP contribution in [-0.4, -0.2) is 28.1 Å². The summed E-state index contributed by atoms with van der Waals surface area (Å²) in [6, 6.07) is 11.4. The minimum Gasteiger partial charge on any atom is -0.343 e. The molecular weight excluding hydrogens is 439 g/mol. The lowest BCUT2D eigenvalue weighted by molar-refractivity contribution is -0.115. The molecule has 2 N–H and O–H groups in total. The van der Waals surface area contributed by atoms with E-state index in [4.69, 9.17) is 0 Å². The number of carbonyl (C=O) groups excluding carboxylic acids is 2. The Kier molecular flexibility index (Phi) is 6.12. The molecule has 29 heavy (non-hydrogen) atoms. The van der Waals surface area contributed by atoms with Gasteiger partial charge in [-0.15, -0.1) is 0 Å². The van der Waals surface area contributed by atoms with Gasteiger partial charge in [-0.2, -0.15) is 5.10 Å². The van der Waals surface area contributed by atoms with Gasteiger partial charge in [-0.3, -0.25) is 9.59 Å². The lowest BCUT2D eigenvalue weighted by Gasteiger charge is -2.10. The Morgan fingerprint density at radius 2 is 1.79 bits per heavy atom. The molecule has 1 heterocycles. The molecule has 0 aliphatic carbocycles. The third kappa shape index (κ3) is 4.71. The third-order valence-corrected chi connectivity index (χ3v) is 4.95. The normalized spacial score (nSPS) is 10.7. The fourth-order valence-corrected chi connectivity index (χ4v) is 3.49. The number of hydrogen-bond acceptors (Lipinski definition) is 3. The van der Waals surface area contributed by atoms with Gasteiger partial charge in [-0.1, -0.05) is 15.9 Å². The van der Waals surface area contributed by atoms with Crippen LogP contribution in [0.25, 0.3) is 5.69 Å². The number of nitrogens with one attached hydrogen (secondary N) is 2. The van der Waals surface area contributed by atoms with Gasteiger partial charge in [0.1, 0.15) is 5.82 Å². The molecule has 0 saturated carbocycles. The van der Waals surface area contributed by atoms with Gasteiger partial charge in [0, 0.05) is 10.2 Å². The summed E-state index contributed by atoms with van der Waals surface area (Å²) in [6.07, 6.45) is 0. The van der Waals surface area contributed by atoms with Crippen LogP contribution < -0.4 is 10.6 Å². The molecule has 2 aromatic carbocycles. The van der Waals surface area contributed by atoms with Crippen LogP contribution in [0, 0.1) is 26.6 Å². The Morgan fingerprint density at radius 1 is 1.10 bits per heavy atom. The average Bonchev–Trinajstić information content (AvgIpc) is 2.97. The monoisotopic (exact) mass is 458 g/mol. The summed E-state index contributed by atoms with van der Waals surface area (Å²) >= 11 is 3.38. The molecule has 1 aromatic heterocycles. The molecular formula is C21H20BrFN4O2.